The summed E-state index contributed by atoms with van der Waals surface area (Å²) >= 11 is 0. The number of allylic oxidation sites excluding steroid dienone is 1. The lowest BCUT2D eigenvalue weighted by molar-refractivity contribution is -0.134. The first-order valence-electron chi connectivity index (χ1n) is 12.8. The van der Waals surface area contributed by atoms with Gasteiger partial charge in [-0.25, -0.2) is 19.7 Å². The average Bonchev–Trinajstić information content (AvgIpc) is 3.33. The minimum absolute atomic E-state index is 0.0643. The number of anilines is 1. The molecule has 1 atom stereocenters. The van der Waals surface area contributed by atoms with Gasteiger partial charge in [0.15, 0.2) is 5.65 Å². The van der Waals surface area contributed by atoms with Crippen LogP contribution in [0.3, 0.4) is 0 Å². The molecule has 13 nitrogen and oxygen atoms in total. The van der Waals surface area contributed by atoms with E-state index in [1.54, 1.807) is 20.2 Å². The fourth-order valence-corrected chi connectivity index (χ4v) is 3.95. The summed E-state index contributed by atoms with van der Waals surface area (Å²) in [4.78, 5) is 66.8. The molecule has 0 radical (unpaired) electrons. The summed E-state index contributed by atoms with van der Waals surface area (Å²) in [5, 5.41) is 11.8. The van der Waals surface area contributed by atoms with Gasteiger partial charge in [0.2, 0.25) is 11.8 Å². The molecule has 3 amide bonds. The average molecular weight is 593 g/mol. The summed E-state index contributed by atoms with van der Waals surface area (Å²) < 4.78 is 39.4. The normalized spacial score (nSPS) is 12.4. The second-order valence-electron chi connectivity index (χ2n) is 9.73. The largest absolute Gasteiger partial charge is 0.465 e. The molecule has 0 aliphatic rings. The van der Waals surface area contributed by atoms with E-state index in [9.17, 15) is 37.5 Å². The van der Waals surface area contributed by atoms with Gasteiger partial charge in [-0.15, -0.1) is 0 Å². The summed E-state index contributed by atoms with van der Waals surface area (Å²) in [6.45, 7) is -0.248. The molecule has 0 aromatic carbocycles. The number of carbonyl (C=O) groups excluding carboxylic acids is 2. The molecule has 3 aromatic heterocycles. The van der Waals surface area contributed by atoms with Crippen molar-refractivity contribution in [3.63, 3.8) is 0 Å². The van der Waals surface area contributed by atoms with Crippen LogP contribution in [0.25, 0.3) is 11.2 Å². The Bertz CT molecular complexity index is 1520. The van der Waals surface area contributed by atoms with Crippen LogP contribution in [0.4, 0.5) is 23.7 Å². The molecule has 3 heterocycles. The topological polar surface area (TPSA) is 166 Å². The summed E-state index contributed by atoms with van der Waals surface area (Å²) in [6, 6.07) is 2.91. The van der Waals surface area contributed by atoms with Crippen LogP contribution in [0.5, 0.6) is 0 Å². The minimum atomic E-state index is -4.36. The van der Waals surface area contributed by atoms with E-state index in [2.05, 4.69) is 25.3 Å². The number of carbonyl (C=O) groups is 3. The van der Waals surface area contributed by atoms with Crippen molar-refractivity contribution in [2.45, 2.75) is 38.4 Å². The lowest BCUT2D eigenvalue weighted by Crippen LogP contribution is -2.37. The first-order chi connectivity index (χ1) is 19.7. The maximum absolute atomic E-state index is 13.2. The molecule has 0 saturated heterocycles. The Labute approximate surface area is 238 Å². The third-order valence-corrected chi connectivity index (χ3v) is 6.23. The molecule has 0 aliphatic carbocycles. The number of aromatic amines is 1. The number of hydrogen-bond acceptors (Lipinski definition) is 7. The van der Waals surface area contributed by atoms with Crippen molar-refractivity contribution >= 4 is 34.8 Å². The number of pyridine rings is 1. The maximum atomic E-state index is 13.2. The lowest BCUT2D eigenvalue weighted by atomic mass is 10.0. The Morgan fingerprint density at radius 2 is 1.95 bits per heavy atom. The zero-order chi connectivity index (χ0) is 31.0. The number of alkyl halides is 3. The quantitative estimate of drug-likeness (QED) is 0.270. The SMILES string of the molecule is CN(C)C(=O)/C=C/CC[C@@H](CN(C)C(=O)O)C(=O)Nc1cccn(Cc2nc3ncnc(CCC(F)(F)F)c3[nH]2)c1=O. The van der Waals surface area contributed by atoms with E-state index in [4.69, 9.17) is 0 Å². The van der Waals surface area contributed by atoms with Gasteiger partial charge in [-0.3, -0.25) is 14.4 Å². The molecule has 0 bridgehead atoms. The van der Waals surface area contributed by atoms with Crippen LogP contribution in [0.2, 0.25) is 0 Å². The first kappa shape index (κ1) is 31.8. The number of nitrogens with zero attached hydrogens (tertiary/aromatic N) is 6. The molecule has 0 unspecified atom stereocenters. The van der Waals surface area contributed by atoms with E-state index in [0.29, 0.717) is 6.42 Å². The standard InChI is InChI=1S/C26H31F3N8O5/c1-35(2)20(38)9-5-4-7-16(13-36(3)25(41)42)23(39)32-18-8-6-12-37(24(18)40)14-19-33-21-17(10-11-26(27,28)29)30-15-31-22(21)34-19/h5-6,8-9,12,15-16H,4,7,10-11,13-14H2,1-3H3,(H,32,39)(H,41,42)(H,30,31,33,34)/b9-5+/t16-/m0/s1. The van der Waals surface area contributed by atoms with E-state index < -0.39 is 36.1 Å². The van der Waals surface area contributed by atoms with E-state index >= 15 is 0 Å². The molecular formula is C26H31F3N8O5. The summed E-state index contributed by atoms with van der Waals surface area (Å²) in [6.07, 6.45) is -0.998. The molecule has 0 saturated carbocycles. The van der Waals surface area contributed by atoms with Crippen molar-refractivity contribution in [2.75, 3.05) is 33.0 Å². The Morgan fingerprint density at radius 3 is 2.62 bits per heavy atom. The molecule has 0 aliphatic heterocycles. The van der Waals surface area contributed by atoms with E-state index in [1.165, 1.54) is 40.9 Å². The van der Waals surface area contributed by atoms with Crippen LogP contribution in [0.1, 0.15) is 30.8 Å². The van der Waals surface area contributed by atoms with E-state index in [-0.39, 0.29) is 60.2 Å². The number of hydrogen-bond donors (Lipinski definition) is 3. The van der Waals surface area contributed by atoms with Crippen LogP contribution in [0, 0.1) is 5.92 Å². The zero-order valence-corrected chi connectivity index (χ0v) is 23.2. The highest BCUT2D eigenvalue weighted by atomic mass is 19.4. The van der Waals surface area contributed by atoms with Crippen molar-refractivity contribution in [3.8, 4) is 0 Å². The van der Waals surface area contributed by atoms with Crippen LogP contribution >= 0.6 is 0 Å². The zero-order valence-electron chi connectivity index (χ0n) is 23.2. The monoisotopic (exact) mass is 592 g/mol. The molecule has 3 N–H and O–H groups in total. The molecule has 3 rings (SSSR count). The van der Waals surface area contributed by atoms with Gasteiger partial charge in [-0.2, -0.15) is 13.2 Å². The second-order valence-corrected chi connectivity index (χ2v) is 9.73. The van der Waals surface area contributed by atoms with Gasteiger partial charge in [0.25, 0.3) is 5.56 Å². The summed E-state index contributed by atoms with van der Waals surface area (Å²) in [5.74, 6) is -1.41. The van der Waals surface area contributed by atoms with E-state index in [1.807, 2.05) is 0 Å². The van der Waals surface area contributed by atoms with Gasteiger partial charge in [0, 0.05) is 46.7 Å². The molecule has 42 heavy (non-hydrogen) atoms. The number of H-pyrrole nitrogens is 1. The fourth-order valence-electron chi connectivity index (χ4n) is 3.95. The van der Waals surface area contributed by atoms with Crippen molar-refractivity contribution in [3.05, 3.63) is 58.7 Å². The van der Waals surface area contributed by atoms with Crippen LogP contribution in [-0.2, 0) is 22.6 Å². The smallest absolute Gasteiger partial charge is 0.407 e. The molecule has 226 valence electrons. The maximum Gasteiger partial charge on any atom is 0.407 e. The number of amides is 3. The molecular weight excluding hydrogens is 561 g/mol. The number of aryl methyl sites for hydroxylation is 1. The van der Waals surface area contributed by atoms with Gasteiger partial charge in [-0.05, 0) is 31.1 Å². The van der Waals surface area contributed by atoms with Crippen LogP contribution < -0.4 is 10.9 Å². The number of nitrogens with one attached hydrogen (secondary N) is 2. The van der Waals surface area contributed by atoms with Crippen LogP contribution in [0.15, 0.2) is 41.6 Å². The van der Waals surface area contributed by atoms with E-state index in [0.717, 1.165) is 11.2 Å². The number of rotatable bonds is 12. The molecule has 16 heteroatoms. The predicted molar refractivity (Wildman–Crippen MR) is 146 cm³/mol. The molecule has 0 fully saturated rings. The number of carboxylic acid groups (broad SMARTS) is 1. The number of likely N-dealkylation sites (N-methyl/N-ethyl adjacent to an activating group) is 1. The van der Waals surface area contributed by atoms with Gasteiger partial charge < -0.3 is 29.8 Å². The lowest BCUT2D eigenvalue weighted by Gasteiger charge is -2.21. The minimum Gasteiger partial charge on any atom is -0.465 e. The molecule has 3 aromatic rings. The first-order valence-corrected chi connectivity index (χ1v) is 12.8. The highest BCUT2D eigenvalue weighted by Gasteiger charge is 2.28. The second kappa shape index (κ2) is 13.7. The Balaban J connectivity index is 1.76. The van der Waals surface area contributed by atoms with Crippen molar-refractivity contribution < 1.29 is 32.7 Å². The van der Waals surface area contributed by atoms with Gasteiger partial charge in [0.05, 0.1) is 18.2 Å². The van der Waals surface area contributed by atoms with Crippen molar-refractivity contribution in [1.82, 2.24) is 34.3 Å². The Morgan fingerprint density at radius 1 is 1.21 bits per heavy atom. The Hall–Kier alpha value is -4.76. The van der Waals surface area contributed by atoms with Gasteiger partial charge >= 0.3 is 12.3 Å². The summed E-state index contributed by atoms with van der Waals surface area (Å²) in [7, 11) is 4.50. The summed E-state index contributed by atoms with van der Waals surface area (Å²) in [5.41, 5.74) is -0.118. The van der Waals surface area contributed by atoms with Crippen molar-refractivity contribution in [1.29, 1.82) is 0 Å². The third kappa shape index (κ3) is 8.87. The Kier molecular flexibility index (Phi) is 10.4. The number of halogens is 3. The third-order valence-electron chi connectivity index (χ3n) is 6.23. The molecule has 0 spiro atoms. The van der Waals surface area contributed by atoms with Gasteiger partial charge in [0.1, 0.15) is 23.4 Å². The van der Waals surface area contributed by atoms with Crippen LogP contribution in [-0.4, -0.2) is 91.2 Å². The van der Waals surface area contributed by atoms with Crippen molar-refractivity contribution in [2.24, 2.45) is 5.92 Å². The fraction of sp³-hybridized carbons (Fsp3) is 0.423. The number of imidazole rings is 1. The number of fused-ring (bicyclic) bond motifs is 1. The number of aromatic nitrogens is 5. The highest BCUT2D eigenvalue weighted by Crippen LogP contribution is 2.23. The van der Waals surface area contributed by atoms with Gasteiger partial charge in [-0.1, -0.05) is 6.08 Å². The highest BCUT2D eigenvalue weighted by molar-refractivity contribution is 5.92. The predicted octanol–water partition coefficient (Wildman–Crippen LogP) is 2.65.